The second kappa shape index (κ2) is 8.44. The Morgan fingerprint density at radius 3 is 2.90 bits per heavy atom. The quantitative estimate of drug-likeness (QED) is 0.706. The van der Waals surface area contributed by atoms with Gasteiger partial charge in [0.25, 0.3) is 5.91 Å². The summed E-state index contributed by atoms with van der Waals surface area (Å²) < 4.78 is 10.3. The fraction of sp³-hybridized carbons (Fsp3) is 0.273. The first-order chi connectivity index (χ1) is 15.0. The van der Waals surface area contributed by atoms with Crippen LogP contribution in [0.15, 0.2) is 47.7 Å². The Hall–Kier alpha value is -3.30. The van der Waals surface area contributed by atoms with E-state index < -0.39 is 18.4 Å². The fourth-order valence-electron chi connectivity index (χ4n) is 3.91. The number of methoxy groups -OCH3 is 1. The second-order valence-corrected chi connectivity index (χ2v) is 7.94. The minimum absolute atomic E-state index is 0.0522. The van der Waals surface area contributed by atoms with Gasteiger partial charge in [0.2, 0.25) is 0 Å². The van der Waals surface area contributed by atoms with Crippen molar-refractivity contribution in [1.29, 1.82) is 0 Å². The van der Waals surface area contributed by atoms with Crippen molar-refractivity contribution >= 4 is 34.6 Å². The third-order valence-electron chi connectivity index (χ3n) is 5.43. The predicted octanol–water partition coefficient (Wildman–Crippen LogP) is 3.22. The number of fused-ring (bicyclic) bond motifs is 2. The van der Waals surface area contributed by atoms with Crippen LogP contribution in [0.2, 0.25) is 0 Å². The van der Waals surface area contributed by atoms with Gasteiger partial charge in [-0.3, -0.25) is 4.79 Å². The van der Waals surface area contributed by atoms with Crippen molar-refractivity contribution in [2.75, 3.05) is 25.2 Å². The maximum atomic E-state index is 13.4. The van der Waals surface area contributed by atoms with Crippen LogP contribution >= 0.6 is 11.3 Å². The van der Waals surface area contributed by atoms with Crippen molar-refractivity contribution in [3.63, 3.8) is 0 Å². The second-order valence-electron chi connectivity index (χ2n) is 7.16. The third-order valence-corrected chi connectivity index (χ3v) is 6.12. The van der Waals surface area contributed by atoms with Gasteiger partial charge in [-0.2, -0.15) is 11.3 Å². The summed E-state index contributed by atoms with van der Waals surface area (Å²) in [6, 6.07) is 3.87. The summed E-state index contributed by atoms with van der Waals surface area (Å²) in [7, 11) is 1.37. The van der Waals surface area contributed by atoms with E-state index in [-0.39, 0.29) is 41.8 Å². The lowest BCUT2D eigenvalue weighted by atomic mass is 9.94. The molecule has 0 saturated heterocycles. The molecule has 31 heavy (non-hydrogen) atoms. The minimum atomic E-state index is -1.39. The maximum Gasteiger partial charge on any atom is 0.416 e. The van der Waals surface area contributed by atoms with Gasteiger partial charge in [0, 0.05) is 12.6 Å². The highest BCUT2D eigenvalue weighted by atomic mass is 32.1. The molecule has 1 aromatic carbocycles. The Labute approximate surface area is 183 Å². The first-order valence-corrected chi connectivity index (χ1v) is 10.6. The van der Waals surface area contributed by atoms with Gasteiger partial charge >= 0.3 is 6.09 Å². The molecule has 0 spiro atoms. The van der Waals surface area contributed by atoms with Crippen LogP contribution in [-0.2, 0) is 4.74 Å². The number of hydrogen-bond acceptors (Lipinski definition) is 7. The molecular weight excluding hydrogens is 420 g/mol. The molecular formula is C22H22N2O6S. The van der Waals surface area contributed by atoms with E-state index in [2.05, 4.69) is 6.58 Å². The van der Waals surface area contributed by atoms with Gasteiger partial charge in [-0.25, -0.2) is 9.69 Å². The van der Waals surface area contributed by atoms with Crippen LogP contribution < -0.4 is 9.64 Å². The first-order valence-electron chi connectivity index (χ1n) is 9.64. The molecule has 4 rings (SSSR count). The highest BCUT2D eigenvalue weighted by Gasteiger charge is 2.44. The average molecular weight is 442 g/mol. The number of amides is 2. The monoisotopic (exact) mass is 442 g/mol. The molecule has 0 aliphatic carbocycles. The molecule has 2 aromatic rings. The van der Waals surface area contributed by atoms with E-state index in [0.717, 1.165) is 16.0 Å². The number of aliphatic hydroxyl groups is 1. The van der Waals surface area contributed by atoms with Crippen LogP contribution in [0, 0.1) is 0 Å². The SMILES string of the molecule is C=CCOC(=O)N1c2cc(O)c(OC)cc2C(=O)N2CC=C(c3ccsc3)C[C@H]2C1O. The average Bonchev–Trinajstić information content (AvgIpc) is 3.29. The van der Waals surface area contributed by atoms with Crippen molar-refractivity contribution < 1.29 is 29.3 Å². The topological polar surface area (TPSA) is 99.5 Å². The van der Waals surface area contributed by atoms with Gasteiger partial charge < -0.3 is 24.6 Å². The van der Waals surface area contributed by atoms with Crippen LogP contribution in [0.1, 0.15) is 22.3 Å². The zero-order valence-corrected chi connectivity index (χ0v) is 17.7. The molecule has 3 heterocycles. The number of ether oxygens (including phenoxy) is 2. The molecule has 162 valence electrons. The molecule has 8 nitrogen and oxygen atoms in total. The third kappa shape index (κ3) is 3.66. The fourth-order valence-corrected chi connectivity index (χ4v) is 4.59. The summed E-state index contributed by atoms with van der Waals surface area (Å²) in [6.07, 6.45) is 1.47. The Morgan fingerprint density at radius 2 is 2.23 bits per heavy atom. The number of rotatable bonds is 4. The number of anilines is 1. The Balaban J connectivity index is 1.82. The van der Waals surface area contributed by atoms with Crippen LogP contribution in [0.5, 0.6) is 11.5 Å². The van der Waals surface area contributed by atoms with Crippen LogP contribution in [0.3, 0.4) is 0 Å². The molecule has 2 N–H and O–H groups in total. The molecule has 1 unspecified atom stereocenters. The smallest absolute Gasteiger partial charge is 0.416 e. The molecule has 2 aliphatic rings. The van der Waals surface area contributed by atoms with Gasteiger partial charge in [0.1, 0.15) is 6.61 Å². The van der Waals surface area contributed by atoms with E-state index in [1.54, 1.807) is 11.3 Å². The number of nitrogens with zero attached hydrogens (tertiary/aromatic N) is 2. The summed E-state index contributed by atoms with van der Waals surface area (Å²) in [5.74, 6) is -0.553. The summed E-state index contributed by atoms with van der Waals surface area (Å²) in [4.78, 5) is 28.8. The zero-order valence-electron chi connectivity index (χ0n) is 16.9. The number of aliphatic hydroxyl groups excluding tert-OH is 1. The van der Waals surface area contributed by atoms with Gasteiger partial charge in [-0.15, -0.1) is 0 Å². The molecule has 2 amide bonds. The molecule has 0 fully saturated rings. The lowest BCUT2D eigenvalue weighted by Crippen LogP contribution is -2.54. The summed E-state index contributed by atoms with van der Waals surface area (Å²) >= 11 is 1.56. The lowest BCUT2D eigenvalue weighted by Gasteiger charge is -2.38. The number of thiophene rings is 1. The van der Waals surface area contributed by atoms with Gasteiger partial charge in [0.05, 0.1) is 24.4 Å². The summed E-state index contributed by atoms with van der Waals surface area (Å²) in [5.41, 5.74) is 2.18. The van der Waals surface area contributed by atoms with Crippen molar-refractivity contribution in [3.8, 4) is 11.5 Å². The van der Waals surface area contributed by atoms with Crippen molar-refractivity contribution in [3.05, 3.63) is 58.8 Å². The molecule has 9 heteroatoms. The van der Waals surface area contributed by atoms with Gasteiger partial charge in [-0.05, 0) is 40.5 Å². The van der Waals surface area contributed by atoms with Crippen molar-refractivity contribution in [2.24, 2.45) is 0 Å². The molecule has 2 aliphatic heterocycles. The molecule has 0 saturated carbocycles. The first kappa shape index (κ1) is 21.0. The van der Waals surface area contributed by atoms with Crippen molar-refractivity contribution in [1.82, 2.24) is 4.90 Å². The minimum Gasteiger partial charge on any atom is -0.504 e. The molecule has 0 bridgehead atoms. The van der Waals surface area contributed by atoms with Crippen LogP contribution in [-0.4, -0.2) is 59.6 Å². The van der Waals surface area contributed by atoms with E-state index >= 15 is 0 Å². The van der Waals surface area contributed by atoms with Gasteiger partial charge in [0.15, 0.2) is 17.7 Å². The number of carbonyl (C=O) groups excluding carboxylic acids is 2. The normalized spacial score (nSPS) is 20.3. The van der Waals surface area contributed by atoms with E-state index in [1.807, 2.05) is 22.9 Å². The van der Waals surface area contributed by atoms with Crippen molar-refractivity contribution in [2.45, 2.75) is 18.7 Å². The standard InChI is InChI=1S/C22H22N2O6S/c1-3-7-30-22(28)24-16-11-18(25)19(29-2)10-15(16)20(26)23-6-4-13(9-17(23)21(24)27)14-5-8-31-12-14/h3-5,8,10-12,17,21,25,27H,1,6-7,9H2,2H3/t17-,21?/m0/s1. The lowest BCUT2D eigenvalue weighted by molar-refractivity contribution is 0.0397. The summed E-state index contributed by atoms with van der Waals surface area (Å²) in [5, 5.41) is 25.5. The Kier molecular flexibility index (Phi) is 5.71. The Bertz CT molecular complexity index is 1050. The molecule has 1 aromatic heterocycles. The highest BCUT2D eigenvalue weighted by Crippen LogP contribution is 2.41. The largest absolute Gasteiger partial charge is 0.504 e. The van der Waals surface area contributed by atoms with Gasteiger partial charge in [-0.1, -0.05) is 18.7 Å². The zero-order chi connectivity index (χ0) is 22.1. The predicted molar refractivity (Wildman–Crippen MR) is 116 cm³/mol. The van der Waals surface area contributed by atoms with E-state index in [9.17, 15) is 19.8 Å². The number of carbonyl (C=O) groups is 2. The number of benzene rings is 1. The van der Waals surface area contributed by atoms with E-state index in [1.165, 1.54) is 30.2 Å². The Morgan fingerprint density at radius 1 is 1.42 bits per heavy atom. The number of phenolic OH excluding ortho intramolecular Hbond substituents is 1. The van der Waals surface area contributed by atoms with Crippen LogP contribution in [0.4, 0.5) is 10.5 Å². The van der Waals surface area contributed by atoms with Crippen LogP contribution in [0.25, 0.3) is 5.57 Å². The van der Waals surface area contributed by atoms with E-state index in [0.29, 0.717) is 6.42 Å². The number of aromatic hydroxyl groups is 1. The highest BCUT2D eigenvalue weighted by molar-refractivity contribution is 7.08. The number of phenols is 1. The van der Waals surface area contributed by atoms with E-state index in [4.69, 9.17) is 9.47 Å². The number of hydrogen-bond donors (Lipinski definition) is 2. The summed E-state index contributed by atoms with van der Waals surface area (Å²) in [6.45, 7) is 3.73. The maximum absolute atomic E-state index is 13.4. The molecule has 2 atom stereocenters. The molecule has 0 radical (unpaired) electrons.